The van der Waals surface area contributed by atoms with Crippen molar-refractivity contribution in [2.75, 3.05) is 6.54 Å². The lowest BCUT2D eigenvalue weighted by Crippen LogP contribution is -2.39. The Morgan fingerprint density at radius 3 is 2.33 bits per heavy atom. The second-order valence-corrected chi connectivity index (χ2v) is 5.46. The van der Waals surface area contributed by atoms with Gasteiger partial charge in [0.05, 0.1) is 6.07 Å². The smallest absolute Gasteiger partial charge is 0.0621 e. The Bertz CT molecular complexity index is 201. The van der Waals surface area contributed by atoms with Gasteiger partial charge in [-0.2, -0.15) is 5.26 Å². The van der Waals surface area contributed by atoms with Gasteiger partial charge in [0, 0.05) is 19.0 Å². The van der Waals surface area contributed by atoms with Gasteiger partial charge in [0.25, 0.3) is 0 Å². The molecule has 0 aliphatic carbocycles. The van der Waals surface area contributed by atoms with Crippen LogP contribution in [0.5, 0.6) is 0 Å². The molecule has 2 heteroatoms. The Morgan fingerprint density at radius 1 is 1.33 bits per heavy atom. The summed E-state index contributed by atoms with van der Waals surface area (Å²) < 4.78 is 0. The molecule has 0 radical (unpaired) electrons. The maximum atomic E-state index is 8.57. The third-order valence-electron chi connectivity index (χ3n) is 3.00. The maximum absolute atomic E-state index is 8.57. The van der Waals surface area contributed by atoms with Crippen LogP contribution in [0, 0.1) is 22.7 Å². The molecular formula is C13H26N2. The summed E-state index contributed by atoms with van der Waals surface area (Å²) in [5.41, 5.74) is 0.234. The number of nitriles is 1. The van der Waals surface area contributed by atoms with Crippen LogP contribution in [0.3, 0.4) is 0 Å². The Balaban J connectivity index is 3.95. The summed E-state index contributed by atoms with van der Waals surface area (Å²) in [7, 11) is 0. The summed E-state index contributed by atoms with van der Waals surface area (Å²) in [5.74, 6) is 0.682. The van der Waals surface area contributed by atoms with Crippen molar-refractivity contribution in [2.45, 2.75) is 59.9 Å². The molecule has 0 fully saturated rings. The van der Waals surface area contributed by atoms with E-state index in [1.165, 1.54) is 6.42 Å². The summed E-state index contributed by atoms with van der Waals surface area (Å²) in [4.78, 5) is 0. The van der Waals surface area contributed by atoms with Crippen molar-refractivity contribution in [3.05, 3.63) is 0 Å². The molecule has 0 bridgehead atoms. The van der Waals surface area contributed by atoms with Crippen molar-refractivity contribution in [3.63, 3.8) is 0 Å². The molecule has 0 spiro atoms. The highest BCUT2D eigenvalue weighted by Gasteiger charge is 2.19. The predicted molar refractivity (Wildman–Crippen MR) is 65.5 cm³/mol. The van der Waals surface area contributed by atoms with Gasteiger partial charge in [-0.3, -0.25) is 0 Å². The Kier molecular flexibility index (Phi) is 6.60. The van der Waals surface area contributed by atoms with Gasteiger partial charge in [0.1, 0.15) is 0 Å². The third-order valence-corrected chi connectivity index (χ3v) is 3.00. The second kappa shape index (κ2) is 6.85. The summed E-state index contributed by atoms with van der Waals surface area (Å²) in [6.07, 6.45) is 2.81. The average Bonchev–Trinajstić information content (AvgIpc) is 2.15. The molecule has 0 heterocycles. The lowest BCUT2D eigenvalue weighted by atomic mass is 9.87. The van der Waals surface area contributed by atoms with Crippen molar-refractivity contribution >= 4 is 0 Å². The van der Waals surface area contributed by atoms with E-state index in [4.69, 9.17) is 5.26 Å². The van der Waals surface area contributed by atoms with E-state index in [-0.39, 0.29) is 5.41 Å². The van der Waals surface area contributed by atoms with Gasteiger partial charge in [0.2, 0.25) is 0 Å². The summed E-state index contributed by atoms with van der Waals surface area (Å²) in [6.45, 7) is 12.2. The van der Waals surface area contributed by atoms with Gasteiger partial charge in [-0.15, -0.1) is 0 Å². The molecule has 88 valence electrons. The molecule has 0 rings (SSSR count). The Hall–Kier alpha value is -0.550. The molecule has 0 amide bonds. The molecule has 0 aliphatic heterocycles. The first-order valence-corrected chi connectivity index (χ1v) is 6.03. The minimum absolute atomic E-state index is 0.234. The Morgan fingerprint density at radius 2 is 1.93 bits per heavy atom. The lowest BCUT2D eigenvalue weighted by Gasteiger charge is -2.29. The number of hydrogen-bond acceptors (Lipinski definition) is 2. The Labute approximate surface area is 95.1 Å². The average molecular weight is 210 g/mol. The molecule has 0 saturated heterocycles. The van der Waals surface area contributed by atoms with E-state index in [2.05, 4.69) is 46.0 Å². The number of nitrogens with one attached hydrogen (secondary N) is 1. The van der Waals surface area contributed by atoms with Crippen LogP contribution < -0.4 is 5.32 Å². The SMILES string of the molecule is CCC(NCC(C)(C)CCC#N)C(C)C. The summed E-state index contributed by atoms with van der Waals surface area (Å²) >= 11 is 0. The highest BCUT2D eigenvalue weighted by atomic mass is 14.9. The molecule has 2 nitrogen and oxygen atoms in total. The van der Waals surface area contributed by atoms with Crippen molar-refractivity contribution in [1.82, 2.24) is 5.32 Å². The largest absolute Gasteiger partial charge is 0.313 e. The highest BCUT2D eigenvalue weighted by Crippen LogP contribution is 2.21. The molecule has 0 aromatic carbocycles. The first-order valence-electron chi connectivity index (χ1n) is 6.03. The fourth-order valence-electron chi connectivity index (χ4n) is 1.74. The van der Waals surface area contributed by atoms with Crippen molar-refractivity contribution in [3.8, 4) is 6.07 Å². The minimum Gasteiger partial charge on any atom is -0.313 e. The van der Waals surface area contributed by atoms with Gasteiger partial charge < -0.3 is 5.32 Å². The van der Waals surface area contributed by atoms with E-state index < -0.39 is 0 Å². The van der Waals surface area contributed by atoms with Crippen LogP contribution in [-0.4, -0.2) is 12.6 Å². The van der Waals surface area contributed by atoms with Gasteiger partial charge in [-0.05, 0) is 24.2 Å². The van der Waals surface area contributed by atoms with E-state index in [0.717, 1.165) is 13.0 Å². The molecule has 1 unspecified atom stereocenters. The van der Waals surface area contributed by atoms with Crippen LogP contribution in [0.1, 0.15) is 53.9 Å². The van der Waals surface area contributed by atoms with Crippen LogP contribution in [0.15, 0.2) is 0 Å². The van der Waals surface area contributed by atoms with Crippen LogP contribution in [0.4, 0.5) is 0 Å². The fourth-order valence-corrected chi connectivity index (χ4v) is 1.74. The van der Waals surface area contributed by atoms with Crippen LogP contribution in [0.25, 0.3) is 0 Å². The number of hydrogen-bond donors (Lipinski definition) is 1. The molecule has 1 N–H and O–H groups in total. The normalized spacial score (nSPS) is 13.9. The van der Waals surface area contributed by atoms with Crippen molar-refractivity contribution in [2.24, 2.45) is 11.3 Å². The third kappa shape index (κ3) is 6.52. The van der Waals surface area contributed by atoms with E-state index >= 15 is 0 Å². The van der Waals surface area contributed by atoms with Gasteiger partial charge in [-0.1, -0.05) is 34.6 Å². The molecule has 0 saturated carbocycles. The quantitative estimate of drug-likeness (QED) is 0.699. The van der Waals surface area contributed by atoms with E-state index in [1.807, 2.05) is 0 Å². The molecule has 15 heavy (non-hydrogen) atoms. The molecule has 0 aliphatic rings. The van der Waals surface area contributed by atoms with Gasteiger partial charge in [0.15, 0.2) is 0 Å². The van der Waals surface area contributed by atoms with Crippen molar-refractivity contribution in [1.29, 1.82) is 5.26 Å². The summed E-state index contributed by atoms with van der Waals surface area (Å²) in [6, 6.07) is 2.82. The van der Waals surface area contributed by atoms with E-state index in [1.54, 1.807) is 0 Å². The number of rotatable bonds is 7. The zero-order chi connectivity index (χ0) is 11.9. The standard InChI is InChI=1S/C13H26N2/c1-6-12(11(2)3)15-10-13(4,5)8-7-9-14/h11-12,15H,6-8,10H2,1-5H3. The first-order chi connectivity index (χ1) is 6.93. The van der Waals surface area contributed by atoms with E-state index in [9.17, 15) is 0 Å². The molecule has 0 aromatic heterocycles. The second-order valence-electron chi connectivity index (χ2n) is 5.46. The van der Waals surface area contributed by atoms with Gasteiger partial charge >= 0.3 is 0 Å². The zero-order valence-electron chi connectivity index (χ0n) is 10.9. The fraction of sp³-hybridized carbons (Fsp3) is 0.923. The molecule has 0 aromatic rings. The predicted octanol–water partition coefficient (Wildman–Crippen LogP) is 3.34. The highest BCUT2D eigenvalue weighted by molar-refractivity contribution is 4.80. The topological polar surface area (TPSA) is 35.8 Å². The first kappa shape index (κ1) is 14.5. The molecule has 1 atom stereocenters. The molecular weight excluding hydrogens is 184 g/mol. The zero-order valence-corrected chi connectivity index (χ0v) is 10.9. The summed E-state index contributed by atoms with van der Waals surface area (Å²) in [5, 5.41) is 12.2. The minimum atomic E-state index is 0.234. The lowest BCUT2D eigenvalue weighted by molar-refractivity contribution is 0.275. The van der Waals surface area contributed by atoms with E-state index in [0.29, 0.717) is 18.4 Å². The maximum Gasteiger partial charge on any atom is 0.0621 e. The van der Waals surface area contributed by atoms with Crippen LogP contribution in [-0.2, 0) is 0 Å². The van der Waals surface area contributed by atoms with Gasteiger partial charge in [-0.25, -0.2) is 0 Å². The van der Waals surface area contributed by atoms with Crippen molar-refractivity contribution < 1.29 is 0 Å². The monoisotopic (exact) mass is 210 g/mol. The van der Waals surface area contributed by atoms with Crippen LogP contribution in [0.2, 0.25) is 0 Å². The van der Waals surface area contributed by atoms with Crippen LogP contribution >= 0.6 is 0 Å². The number of nitrogens with zero attached hydrogens (tertiary/aromatic N) is 1.